The van der Waals surface area contributed by atoms with Crippen molar-refractivity contribution in [2.24, 2.45) is 0 Å². The van der Waals surface area contributed by atoms with Crippen LogP contribution in [0.2, 0.25) is 5.15 Å². The highest BCUT2D eigenvalue weighted by Crippen LogP contribution is 2.30. The van der Waals surface area contributed by atoms with E-state index in [1.165, 1.54) is 0 Å². The number of methoxy groups -OCH3 is 1. The third-order valence-electron chi connectivity index (χ3n) is 2.32. The number of thiophene rings is 1. The van der Waals surface area contributed by atoms with Crippen molar-refractivity contribution in [1.82, 2.24) is 19.6 Å². The summed E-state index contributed by atoms with van der Waals surface area (Å²) < 4.78 is 6.95. The molecule has 3 aromatic heterocycles. The monoisotopic (exact) mass is 266 g/mol. The second-order valence-electron chi connectivity index (χ2n) is 3.29. The molecule has 0 amide bonds. The van der Waals surface area contributed by atoms with Crippen molar-refractivity contribution < 1.29 is 4.74 Å². The van der Waals surface area contributed by atoms with Crippen LogP contribution >= 0.6 is 22.9 Å². The molecular formula is C10H7ClN4OS. The zero-order chi connectivity index (χ0) is 11.8. The summed E-state index contributed by atoms with van der Waals surface area (Å²) in [6.07, 6.45) is 3.40. The molecule has 0 aliphatic heterocycles. The van der Waals surface area contributed by atoms with Crippen LogP contribution in [0.3, 0.4) is 0 Å². The smallest absolute Gasteiger partial charge is 0.198 e. The Morgan fingerprint density at radius 1 is 1.41 bits per heavy atom. The summed E-state index contributed by atoms with van der Waals surface area (Å²) in [5, 5.41) is 10.4. The van der Waals surface area contributed by atoms with Gasteiger partial charge in [0.2, 0.25) is 0 Å². The van der Waals surface area contributed by atoms with Crippen molar-refractivity contribution in [3.63, 3.8) is 0 Å². The minimum atomic E-state index is 0.342. The predicted molar refractivity (Wildman–Crippen MR) is 65.7 cm³/mol. The van der Waals surface area contributed by atoms with Crippen molar-refractivity contribution >= 4 is 28.6 Å². The van der Waals surface area contributed by atoms with Gasteiger partial charge in [0.1, 0.15) is 5.75 Å². The summed E-state index contributed by atoms with van der Waals surface area (Å²) >= 11 is 7.48. The molecule has 3 aromatic rings. The fraction of sp³-hybridized carbons (Fsp3) is 0.100. The van der Waals surface area contributed by atoms with Crippen LogP contribution in [0.4, 0.5) is 0 Å². The van der Waals surface area contributed by atoms with E-state index < -0.39 is 0 Å². The Balaban J connectivity index is 2.20. The van der Waals surface area contributed by atoms with Gasteiger partial charge < -0.3 is 4.74 Å². The van der Waals surface area contributed by atoms with Gasteiger partial charge in [-0.3, -0.25) is 4.40 Å². The molecule has 3 rings (SSSR count). The molecule has 7 heteroatoms. The summed E-state index contributed by atoms with van der Waals surface area (Å²) in [5.41, 5.74) is 0.552. The first-order valence-corrected chi connectivity index (χ1v) is 6.03. The highest BCUT2D eigenvalue weighted by molar-refractivity contribution is 7.13. The SMILES string of the molecule is COc1csc(-c2nnc3c(Cl)nccn23)c1. The van der Waals surface area contributed by atoms with Gasteiger partial charge in [0.05, 0.1) is 12.0 Å². The van der Waals surface area contributed by atoms with E-state index in [0.717, 1.165) is 16.5 Å². The largest absolute Gasteiger partial charge is 0.496 e. The van der Waals surface area contributed by atoms with E-state index in [1.807, 2.05) is 11.4 Å². The van der Waals surface area contributed by atoms with Gasteiger partial charge in [0.25, 0.3) is 0 Å². The van der Waals surface area contributed by atoms with Crippen LogP contribution in [0, 0.1) is 0 Å². The van der Waals surface area contributed by atoms with Gasteiger partial charge in [-0.25, -0.2) is 4.98 Å². The average Bonchev–Trinajstić information content (AvgIpc) is 2.94. The quantitative estimate of drug-likeness (QED) is 0.715. The number of hydrogen-bond acceptors (Lipinski definition) is 5. The van der Waals surface area contributed by atoms with Gasteiger partial charge in [-0.1, -0.05) is 11.6 Å². The summed E-state index contributed by atoms with van der Waals surface area (Å²) in [6, 6.07) is 1.91. The molecule has 0 aliphatic carbocycles. The minimum absolute atomic E-state index is 0.342. The van der Waals surface area contributed by atoms with E-state index >= 15 is 0 Å². The standard InChI is InChI=1S/C10H7ClN4OS/c1-16-6-4-7(17-5-6)9-13-14-10-8(11)12-2-3-15(9)10/h2-5H,1H3. The van der Waals surface area contributed by atoms with E-state index in [2.05, 4.69) is 15.2 Å². The van der Waals surface area contributed by atoms with Gasteiger partial charge in [0.15, 0.2) is 16.6 Å². The molecule has 17 heavy (non-hydrogen) atoms. The number of ether oxygens (including phenoxy) is 1. The van der Waals surface area contributed by atoms with E-state index in [1.54, 1.807) is 35.2 Å². The third kappa shape index (κ3) is 1.65. The Morgan fingerprint density at radius 3 is 3.06 bits per heavy atom. The summed E-state index contributed by atoms with van der Waals surface area (Å²) in [4.78, 5) is 4.93. The van der Waals surface area contributed by atoms with Crippen LogP contribution < -0.4 is 4.74 Å². The topological polar surface area (TPSA) is 52.3 Å². The molecule has 0 aromatic carbocycles. The summed E-state index contributed by atoms with van der Waals surface area (Å²) in [6.45, 7) is 0. The van der Waals surface area contributed by atoms with E-state index in [4.69, 9.17) is 16.3 Å². The Hall–Kier alpha value is -1.66. The van der Waals surface area contributed by atoms with Crippen LogP contribution in [0.15, 0.2) is 23.8 Å². The van der Waals surface area contributed by atoms with Gasteiger partial charge in [0, 0.05) is 23.8 Å². The number of nitrogens with zero attached hydrogens (tertiary/aromatic N) is 4. The van der Waals surface area contributed by atoms with Gasteiger partial charge in [-0.05, 0) is 0 Å². The first-order chi connectivity index (χ1) is 8.29. The second-order valence-corrected chi connectivity index (χ2v) is 4.56. The van der Waals surface area contributed by atoms with Crippen LogP contribution in [0.5, 0.6) is 5.75 Å². The second kappa shape index (κ2) is 3.97. The zero-order valence-corrected chi connectivity index (χ0v) is 10.4. The lowest BCUT2D eigenvalue weighted by atomic mass is 10.4. The summed E-state index contributed by atoms with van der Waals surface area (Å²) in [5.74, 6) is 1.54. The predicted octanol–water partition coefficient (Wildman–Crippen LogP) is 2.51. The number of rotatable bonds is 2. The Labute approximate surface area is 106 Å². The Kier molecular flexibility index (Phi) is 2.45. The summed E-state index contributed by atoms with van der Waals surface area (Å²) in [7, 11) is 1.63. The maximum atomic E-state index is 5.93. The first-order valence-electron chi connectivity index (χ1n) is 4.77. The molecule has 0 aliphatic rings. The maximum absolute atomic E-state index is 5.93. The number of aromatic nitrogens is 4. The molecule has 0 radical (unpaired) electrons. The zero-order valence-electron chi connectivity index (χ0n) is 8.79. The minimum Gasteiger partial charge on any atom is -0.496 e. The highest BCUT2D eigenvalue weighted by Gasteiger charge is 2.12. The number of halogens is 1. The lowest BCUT2D eigenvalue weighted by molar-refractivity contribution is 0.417. The average molecular weight is 267 g/mol. The lowest BCUT2D eigenvalue weighted by Gasteiger charge is -1.96. The number of hydrogen-bond donors (Lipinski definition) is 0. The highest BCUT2D eigenvalue weighted by atomic mass is 35.5. The molecule has 0 saturated heterocycles. The molecule has 0 unspecified atom stereocenters. The van der Waals surface area contributed by atoms with Crippen molar-refractivity contribution in [3.05, 3.63) is 29.0 Å². The molecule has 3 heterocycles. The van der Waals surface area contributed by atoms with Crippen LogP contribution in [0.1, 0.15) is 0 Å². The molecule has 0 saturated carbocycles. The third-order valence-corrected chi connectivity index (χ3v) is 3.49. The number of fused-ring (bicyclic) bond motifs is 1. The van der Waals surface area contributed by atoms with E-state index in [9.17, 15) is 0 Å². The van der Waals surface area contributed by atoms with Gasteiger partial charge >= 0.3 is 0 Å². The molecule has 0 spiro atoms. The maximum Gasteiger partial charge on any atom is 0.198 e. The van der Waals surface area contributed by atoms with Crippen LogP contribution in [0.25, 0.3) is 16.3 Å². The molecule has 5 nitrogen and oxygen atoms in total. The van der Waals surface area contributed by atoms with Crippen molar-refractivity contribution in [1.29, 1.82) is 0 Å². The van der Waals surface area contributed by atoms with Crippen LogP contribution in [-0.4, -0.2) is 26.7 Å². The van der Waals surface area contributed by atoms with E-state index in [0.29, 0.717) is 10.8 Å². The van der Waals surface area contributed by atoms with Crippen molar-refractivity contribution in [2.45, 2.75) is 0 Å². The fourth-order valence-corrected chi connectivity index (χ4v) is 2.53. The molecule has 0 atom stereocenters. The molecule has 0 bridgehead atoms. The molecular weight excluding hydrogens is 260 g/mol. The van der Waals surface area contributed by atoms with Gasteiger partial charge in [-0.2, -0.15) is 0 Å². The van der Waals surface area contributed by atoms with Crippen molar-refractivity contribution in [3.8, 4) is 16.5 Å². The molecule has 86 valence electrons. The van der Waals surface area contributed by atoms with Crippen LogP contribution in [-0.2, 0) is 0 Å². The van der Waals surface area contributed by atoms with Gasteiger partial charge in [-0.15, -0.1) is 21.5 Å². The molecule has 0 fully saturated rings. The Bertz CT molecular complexity index is 678. The van der Waals surface area contributed by atoms with E-state index in [-0.39, 0.29) is 0 Å². The normalized spacial score (nSPS) is 10.9. The fourth-order valence-electron chi connectivity index (χ4n) is 1.51. The lowest BCUT2D eigenvalue weighted by Crippen LogP contribution is -1.89. The first kappa shape index (κ1) is 10.5. The molecule has 0 N–H and O–H groups in total. The van der Waals surface area contributed by atoms with Crippen molar-refractivity contribution in [2.75, 3.05) is 7.11 Å². The Morgan fingerprint density at radius 2 is 2.29 bits per heavy atom.